The third kappa shape index (κ3) is 3.48. The summed E-state index contributed by atoms with van der Waals surface area (Å²) in [6.07, 6.45) is 0.352. The summed E-state index contributed by atoms with van der Waals surface area (Å²) >= 11 is 20.0. The number of rotatable bonds is 2. The molecule has 0 aliphatic carbocycles. The van der Waals surface area contributed by atoms with Crippen molar-refractivity contribution in [3.63, 3.8) is 0 Å². The van der Waals surface area contributed by atoms with Gasteiger partial charge < -0.3 is 4.74 Å². The van der Waals surface area contributed by atoms with E-state index >= 15 is 0 Å². The smallest absolute Gasteiger partial charge is 0.215 e. The van der Waals surface area contributed by atoms with Crippen molar-refractivity contribution in [3.05, 3.63) is 96.3 Å². The van der Waals surface area contributed by atoms with Crippen molar-refractivity contribution in [3.8, 4) is 5.75 Å². The fraction of sp³-hybridized carbons (Fsp3) is 0.136. The van der Waals surface area contributed by atoms with Gasteiger partial charge in [-0.3, -0.25) is 0 Å². The number of hydrogen-bond acceptors (Lipinski definition) is 3. The summed E-state index contributed by atoms with van der Waals surface area (Å²) in [7, 11) is 0. The summed E-state index contributed by atoms with van der Waals surface area (Å²) in [6, 6.07) is 19.8. The summed E-state index contributed by atoms with van der Waals surface area (Å²) in [5, 5.41) is 8.10. The van der Waals surface area contributed by atoms with E-state index in [0.29, 0.717) is 15.8 Å². The SMILES string of the molecule is Clc1cc(Cl)c2c(c1)[C@@H]1CC(c3ccc(Br)cc3)=NN1[C@@H](c1ccccc1Br)O2. The first kappa shape index (κ1) is 19.4. The first-order valence-electron chi connectivity index (χ1n) is 9.03. The molecule has 2 heterocycles. The lowest BCUT2D eigenvalue weighted by Crippen LogP contribution is -2.34. The Labute approximate surface area is 195 Å². The number of halogens is 4. The van der Waals surface area contributed by atoms with Gasteiger partial charge in [0.05, 0.1) is 16.8 Å². The van der Waals surface area contributed by atoms with Crippen LogP contribution in [0.1, 0.15) is 35.4 Å². The molecule has 0 unspecified atom stereocenters. The summed E-state index contributed by atoms with van der Waals surface area (Å²) in [5.41, 5.74) is 4.05. The molecule has 2 aliphatic rings. The van der Waals surface area contributed by atoms with Crippen molar-refractivity contribution < 1.29 is 4.74 Å². The molecule has 0 saturated carbocycles. The van der Waals surface area contributed by atoms with Crippen LogP contribution >= 0.6 is 55.1 Å². The highest BCUT2D eigenvalue weighted by Crippen LogP contribution is 2.51. The standard InChI is InChI=1S/C22H14Br2Cl2N2O/c23-13-7-5-12(6-8-13)19-11-20-16-9-14(25)10-18(26)21(16)29-22(28(20)27-19)15-3-1-2-4-17(15)24/h1-10,20,22H,11H2/t20-,22+/m0/s1. The van der Waals surface area contributed by atoms with Gasteiger partial charge in [0.2, 0.25) is 6.23 Å². The van der Waals surface area contributed by atoms with Crippen molar-refractivity contribution in [2.45, 2.75) is 18.7 Å². The molecule has 2 atom stereocenters. The monoisotopic (exact) mass is 550 g/mol. The maximum Gasteiger partial charge on any atom is 0.215 e. The van der Waals surface area contributed by atoms with E-state index < -0.39 is 6.23 Å². The number of ether oxygens (including phenoxy) is 1. The first-order chi connectivity index (χ1) is 14.0. The number of hydrazone groups is 1. The zero-order valence-electron chi connectivity index (χ0n) is 14.9. The van der Waals surface area contributed by atoms with Crippen LogP contribution in [0.4, 0.5) is 0 Å². The maximum atomic E-state index is 6.52. The highest BCUT2D eigenvalue weighted by atomic mass is 79.9. The summed E-state index contributed by atoms with van der Waals surface area (Å²) in [5.74, 6) is 0.672. The van der Waals surface area contributed by atoms with Gasteiger partial charge in [-0.2, -0.15) is 5.10 Å². The lowest BCUT2D eigenvalue weighted by atomic mass is 9.96. The molecule has 0 N–H and O–H groups in total. The van der Waals surface area contributed by atoms with E-state index in [9.17, 15) is 0 Å². The normalized spacial score (nSPS) is 20.0. The summed E-state index contributed by atoms with van der Waals surface area (Å²) in [6.45, 7) is 0. The molecule has 3 aromatic carbocycles. The molecule has 0 amide bonds. The molecule has 7 heteroatoms. The second-order valence-corrected chi connectivity index (χ2v) is 9.56. The zero-order chi connectivity index (χ0) is 20.1. The van der Waals surface area contributed by atoms with Gasteiger partial charge in [-0.25, -0.2) is 5.01 Å². The Kier molecular flexibility index (Phi) is 5.11. The van der Waals surface area contributed by atoms with Crippen LogP contribution < -0.4 is 4.74 Å². The predicted molar refractivity (Wildman–Crippen MR) is 124 cm³/mol. The second-order valence-electron chi connectivity index (χ2n) is 6.95. The van der Waals surface area contributed by atoms with Gasteiger partial charge in [0, 0.05) is 31.5 Å². The van der Waals surface area contributed by atoms with E-state index in [1.807, 2.05) is 47.5 Å². The van der Waals surface area contributed by atoms with Gasteiger partial charge in [0.25, 0.3) is 0 Å². The van der Waals surface area contributed by atoms with E-state index in [4.69, 9.17) is 33.0 Å². The molecule has 146 valence electrons. The number of benzene rings is 3. The first-order valence-corrected chi connectivity index (χ1v) is 11.4. The fourth-order valence-electron chi connectivity index (χ4n) is 3.81. The molecule has 0 bridgehead atoms. The average Bonchev–Trinajstić information content (AvgIpc) is 3.14. The van der Waals surface area contributed by atoms with Crippen LogP contribution in [0.3, 0.4) is 0 Å². The van der Waals surface area contributed by atoms with Gasteiger partial charge in [-0.15, -0.1) is 0 Å². The van der Waals surface area contributed by atoms with Crippen molar-refractivity contribution in [2.24, 2.45) is 5.10 Å². The third-order valence-electron chi connectivity index (χ3n) is 5.16. The molecule has 3 nitrogen and oxygen atoms in total. The summed E-state index contributed by atoms with van der Waals surface area (Å²) in [4.78, 5) is 0. The van der Waals surface area contributed by atoms with E-state index in [-0.39, 0.29) is 6.04 Å². The van der Waals surface area contributed by atoms with Crippen molar-refractivity contribution in [1.29, 1.82) is 0 Å². The molecule has 0 aromatic heterocycles. The van der Waals surface area contributed by atoms with Crippen LogP contribution in [-0.2, 0) is 0 Å². The Morgan fingerprint density at radius 2 is 1.72 bits per heavy atom. The minimum atomic E-state index is -0.394. The zero-order valence-corrected chi connectivity index (χ0v) is 19.6. The Hall–Kier alpha value is -1.53. The Morgan fingerprint density at radius 1 is 0.966 bits per heavy atom. The van der Waals surface area contributed by atoms with Gasteiger partial charge in [0.15, 0.2) is 0 Å². The largest absolute Gasteiger partial charge is 0.463 e. The Morgan fingerprint density at radius 3 is 2.48 bits per heavy atom. The lowest BCUT2D eigenvalue weighted by Gasteiger charge is -2.39. The van der Waals surface area contributed by atoms with E-state index in [1.54, 1.807) is 6.07 Å². The summed E-state index contributed by atoms with van der Waals surface area (Å²) < 4.78 is 8.39. The third-order valence-corrected chi connectivity index (χ3v) is 6.91. The van der Waals surface area contributed by atoms with Crippen molar-refractivity contribution in [1.82, 2.24) is 5.01 Å². The van der Waals surface area contributed by atoms with E-state index in [1.165, 1.54) is 0 Å². The quantitative estimate of drug-likeness (QED) is 0.324. The Bertz CT molecular complexity index is 1130. The molecular formula is C22H14Br2Cl2N2O. The van der Waals surface area contributed by atoms with Crippen LogP contribution in [0.5, 0.6) is 5.75 Å². The topological polar surface area (TPSA) is 24.8 Å². The molecule has 5 rings (SSSR count). The molecular weight excluding hydrogens is 539 g/mol. The molecule has 3 aromatic rings. The Balaban J connectivity index is 1.65. The van der Waals surface area contributed by atoms with Gasteiger partial charge in [-0.05, 0) is 35.9 Å². The van der Waals surface area contributed by atoms with E-state index in [0.717, 1.165) is 37.8 Å². The van der Waals surface area contributed by atoms with Crippen LogP contribution in [-0.4, -0.2) is 10.7 Å². The number of hydrogen-bond donors (Lipinski definition) is 0. The maximum absolute atomic E-state index is 6.52. The van der Waals surface area contributed by atoms with Gasteiger partial charge in [0.1, 0.15) is 5.75 Å². The highest BCUT2D eigenvalue weighted by molar-refractivity contribution is 9.10. The van der Waals surface area contributed by atoms with Crippen molar-refractivity contribution >= 4 is 60.8 Å². The van der Waals surface area contributed by atoms with Crippen LogP contribution in [0, 0.1) is 0 Å². The lowest BCUT2D eigenvalue weighted by molar-refractivity contribution is -0.0194. The average molecular weight is 553 g/mol. The van der Waals surface area contributed by atoms with Crippen LogP contribution in [0.25, 0.3) is 0 Å². The molecule has 0 radical (unpaired) electrons. The fourth-order valence-corrected chi connectivity index (χ4v) is 5.11. The van der Waals surface area contributed by atoms with Crippen LogP contribution in [0.2, 0.25) is 10.0 Å². The molecule has 2 aliphatic heterocycles. The van der Waals surface area contributed by atoms with E-state index in [2.05, 4.69) is 44.0 Å². The molecule has 0 spiro atoms. The molecule has 29 heavy (non-hydrogen) atoms. The minimum absolute atomic E-state index is 0.00861. The minimum Gasteiger partial charge on any atom is -0.463 e. The predicted octanol–water partition coefficient (Wildman–Crippen LogP) is 7.76. The highest BCUT2D eigenvalue weighted by Gasteiger charge is 2.42. The van der Waals surface area contributed by atoms with Crippen LogP contribution in [0.15, 0.2) is 74.7 Å². The van der Waals surface area contributed by atoms with Gasteiger partial charge in [-0.1, -0.05) is 85.4 Å². The van der Waals surface area contributed by atoms with Gasteiger partial charge >= 0.3 is 0 Å². The van der Waals surface area contributed by atoms with Crippen molar-refractivity contribution in [2.75, 3.05) is 0 Å². The molecule has 0 saturated heterocycles. The number of fused-ring (bicyclic) bond motifs is 3. The second kappa shape index (κ2) is 7.62. The number of nitrogens with zero attached hydrogens (tertiary/aromatic N) is 2. The molecule has 0 fully saturated rings.